The second-order valence-electron chi connectivity index (χ2n) is 6.61. The molecule has 116 valence electrons. The summed E-state index contributed by atoms with van der Waals surface area (Å²) >= 11 is 2.02. The molecule has 0 aromatic heterocycles. The predicted molar refractivity (Wildman–Crippen MR) is 86.0 cm³/mol. The molecule has 2 fully saturated rings. The van der Waals surface area contributed by atoms with E-state index < -0.39 is 0 Å². The molecule has 0 saturated carbocycles. The third-order valence-corrected chi connectivity index (χ3v) is 5.66. The van der Waals surface area contributed by atoms with Crippen molar-refractivity contribution in [2.45, 2.75) is 50.3 Å². The number of amides is 1. The fourth-order valence-corrected chi connectivity index (χ4v) is 4.34. The van der Waals surface area contributed by atoms with Gasteiger partial charge in [0.2, 0.25) is 5.91 Å². The van der Waals surface area contributed by atoms with E-state index in [1.807, 2.05) is 16.7 Å². The summed E-state index contributed by atoms with van der Waals surface area (Å²) < 4.78 is 0.278. The van der Waals surface area contributed by atoms with Gasteiger partial charge in [0.25, 0.3) is 0 Å². The van der Waals surface area contributed by atoms with Crippen LogP contribution in [-0.2, 0) is 4.79 Å². The lowest BCUT2D eigenvalue weighted by molar-refractivity contribution is -0.133. The van der Waals surface area contributed by atoms with Crippen LogP contribution in [0.25, 0.3) is 0 Å². The number of hydrogen-bond acceptors (Lipinski definition) is 4. The minimum absolute atomic E-state index is 0.213. The van der Waals surface area contributed by atoms with E-state index in [0.717, 1.165) is 44.8 Å². The zero-order valence-corrected chi connectivity index (χ0v) is 13.8. The molecule has 4 nitrogen and oxygen atoms in total. The molecule has 1 atom stereocenters. The van der Waals surface area contributed by atoms with Crippen LogP contribution in [0.2, 0.25) is 0 Å². The highest BCUT2D eigenvalue weighted by Gasteiger charge is 2.32. The second-order valence-corrected chi connectivity index (χ2v) is 8.42. The number of piperidine rings is 1. The largest absolute Gasteiger partial charge is 0.343 e. The van der Waals surface area contributed by atoms with Crippen molar-refractivity contribution in [1.82, 2.24) is 9.80 Å². The van der Waals surface area contributed by atoms with Gasteiger partial charge in [0.1, 0.15) is 0 Å². The number of nitrogens with zero attached hydrogens (tertiary/aromatic N) is 2. The average molecular weight is 299 g/mol. The van der Waals surface area contributed by atoms with Crippen molar-refractivity contribution in [3.63, 3.8) is 0 Å². The van der Waals surface area contributed by atoms with Crippen molar-refractivity contribution in [3.8, 4) is 0 Å². The minimum atomic E-state index is 0.213. The molecule has 1 unspecified atom stereocenters. The van der Waals surface area contributed by atoms with Crippen molar-refractivity contribution >= 4 is 17.7 Å². The van der Waals surface area contributed by atoms with E-state index in [-0.39, 0.29) is 10.8 Å². The Morgan fingerprint density at radius 1 is 1.25 bits per heavy atom. The monoisotopic (exact) mass is 299 g/mol. The maximum atomic E-state index is 12.4. The van der Waals surface area contributed by atoms with Gasteiger partial charge in [0.05, 0.1) is 0 Å². The quantitative estimate of drug-likeness (QED) is 0.855. The molecule has 2 aliphatic rings. The van der Waals surface area contributed by atoms with Crippen LogP contribution in [0.1, 0.15) is 39.5 Å². The van der Waals surface area contributed by atoms with Gasteiger partial charge in [-0.15, -0.1) is 0 Å². The predicted octanol–water partition coefficient (Wildman–Crippen LogP) is 1.54. The Kier molecular flexibility index (Phi) is 5.75. The van der Waals surface area contributed by atoms with E-state index >= 15 is 0 Å². The first-order chi connectivity index (χ1) is 9.52. The Labute approximate surface area is 127 Å². The lowest BCUT2D eigenvalue weighted by Gasteiger charge is -2.42. The first kappa shape index (κ1) is 16.1. The number of thioether (sulfide) groups is 1. The van der Waals surface area contributed by atoms with Crippen molar-refractivity contribution in [1.29, 1.82) is 0 Å². The van der Waals surface area contributed by atoms with Crippen molar-refractivity contribution in [2.75, 3.05) is 38.5 Å². The van der Waals surface area contributed by atoms with Gasteiger partial charge in [-0.1, -0.05) is 0 Å². The molecule has 2 saturated heterocycles. The third-order valence-electron chi connectivity index (χ3n) is 4.36. The maximum Gasteiger partial charge on any atom is 0.224 e. The first-order valence-electron chi connectivity index (χ1n) is 7.88. The van der Waals surface area contributed by atoms with Crippen LogP contribution < -0.4 is 5.73 Å². The Hall–Kier alpha value is -0.260. The van der Waals surface area contributed by atoms with Gasteiger partial charge in [-0.2, -0.15) is 11.8 Å². The summed E-state index contributed by atoms with van der Waals surface area (Å²) in [5.41, 5.74) is 5.95. The molecular weight excluding hydrogens is 270 g/mol. The minimum Gasteiger partial charge on any atom is -0.343 e. The molecule has 0 bridgehead atoms. The Balaban J connectivity index is 1.89. The highest BCUT2D eigenvalue weighted by Crippen LogP contribution is 2.30. The number of likely N-dealkylation sites (tertiary alicyclic amines) is 1. The van der Waals surface area contributed by atoms with Crippen LogP contribution in [0.5, 0.6) is 0 Å². The summed E-state index contributed by atoms with van der Waals surface area (Å²) in [6.07, 6.45) is 4.18. The summed E-state index contributed by atoms with van der Waals surface area (Å²) in [7, 11) is 0. The van der Waals surface area contributed by atoms with Crippen LogP contribution in [0, 0.1) is 0 Å². The van der Waals surface area contributed by atoms with Crippen molar-refractivity contribution in [3.05, 3.63) is 0 Å². The molecule has 1 amide bonds. The van der Waals surface area contributed by atoms with Crippen LogP contribution in [-0.4, -0.2) is 65.0 Å². The Morgan fingerprint density at radius 3 is 2.55 bits per heavy atom. The average Bonchev–Trinajstić information content (AvgIpc) is 2.44. The molecule has 2 heterocycles. The number of carbonyl (C=O) groups is 1. The van der Waals surface area contributed by atoms with E-state index in [1.54, 1.807) is 0 Å². The van der Waals surface area contributed by atoms with Gasteiger partial charge in [-0.05, 0) is 33.1 Å². The van der Waals surface area contributed by atoms with Crippen molar-refractivity contribution in [2.24, 2.45) is 5.73 Å². The van der Waals surface area contributed by atoms with Crippen LogP contribution in [0.4, 0.5) is 0 Å². The molecule has 0 radical (unpaired) electrons. The van der Waals surface area contributed by atoms with Crippen molar-refractivity contribution < 1.29 is 4.79 Å². The SMILES string of the molecule is CC1(C)CN(C(CN)CC(=O)N2CCCCC2)CCS1. The number of hydrogen-bond donors (Lipinski definition) is 1. The van der Waals surface area contributed by atoms with Crippen LogP contribution >= 0.6 is 11.8 Å². The van der Waals surface area contributed by atoms with Gasteiger partial charge >= 0.3 is 0 Å². The lowest BCUT2D eigenvalue weighted by atomic mass is 10.1. The van der Waals surface area contributed by atoms with E-state index in [2.05, 4.69) is 18.7 Å². The molecule has 2 rings (SSSR count). The van der Waals surface area contributed by atoms with Crippen LogP contribution in [0.15, 0.2) is 0 Å². The van der Waals surface area contributed by atoms with Gasteiger partial charge in [-0.25, -0.2) is 0 Å². The fourth-order valence-electron chi connectivity index (χ4n) is 3.20. The molecule has 0 aromatic rings. The lowest BCUT2D eigenvalue weighted by Crippen LogP contribution is -2.52. The Morgan fingerprint density at radius 2 is 1.95 bits per heavy atom. The summed E-state index contributed by atoms with van der Waals surface area (Å²) in [5, 5.41) is 0. The second kappa shape index (κ2) is 7.14. The van der Waals surface area contributed by atoms with Gasteiger partial charge in [0, 0.05) is 55.7 Å². The molecule has 20 heavy (non-hydrogen) atoms. The molecule has 5 heteroatoms. The van der Waals surface area contributed by atoms with Gasteiger partial charge < -0.3 is 10.6 Å². The topological polar surface area (TPSA) is 49.6 Å². The molecule has 2 N–H and O–H groups in total. The van der Waals surface area contributed by atoms with Gasteiger partial charge in [0.15, 0.2) is 0 Å². The van der Waals surface area contributed by atoms with E-state index in [4.69, 9.17) is 5.73 Å². The highest BCUT2D eigenvalue weighted by atomic mass is 32.2. The fraction of sp³-hybridized carbons (Fsp3) is 0.933. The molecular formula is C15H29N3OS. The zero-order valence-electron chi connectivity index (χ0n) is 12.9. The molecule has 0 spiro atoms. The summed E-state index contributed by atoms with van der Waals surface area (Å²) in [6.45, 7) is 9.12. The van der Waals surface area contributed by atoms with Crippen LogP contribution in [0.3, 0.4) is 0 Å². The molecule has 0 aliphatic carbocycles. The van der Waals surface area contributed by atoms with E-state index in [0.29, 0.717) is 18.9 Å². The zero-order chi connectivity index (χ0) is 14.6. The summed E-state index contributed by atoms with van der Waals surface area (Å²) in [6, 6.07) is 0.213. The summed E-state index contributed by atoms with van der Waals surface area (Å²) in [5.74, 6) is 1.44. The standard InChI is InChI=1S/C15H29N3OS/c1-15(2)12-18(8-9-20-15)13(11-16)10-14(19)17-6-4-3-5-7-17/h13H,3-12,16H2,1-2H3. The summed E-state index contributed by atoms with van der Waals surface area (Å²) in [4.78, 5) is 16.9. The maximum absolute atomic E-state index is 12.4. The molecule has 2 aliphatic heterocycles. The van der Waals surface area contributed by atoms with Gasteiger partial charge in [-0.3, -0.25) is 9.69 Å². The normalized spacial score (nSPS) is 25.4. The van der Waals surface area contributed by atoms with E-state index in [9.17, 15) is 4.79 Å². The first-order valence-corrected chi connectivity index (χ1v) is 8.86. The third kappa shape index (κ3) is 4.37. The highest BCUT2D eigenvalue weighted by molar-refractivity contribution is 8.00. The number of carbonyl (C=O) groups excluding carboxylic acids is 1. The smallest absolute Gasteiger partial charge is 0.224 e. The number of nitrogens with two attached hydrogens (primary N) is 1. The Bertz CT molecular complexity index is 329. The van der Waals surface area contributed by atoms with E-state index in [1.165, 1.54) is 6.42 Å². The molecule has 0 aromatic carbocycles. The number of rotatable bonds is 4.